The minimum Gasteiger partial charge on any atom is -0.491 e. The molecule has 1 aromatic carbocycles. The Morgan fingerprint density at radius 2 is 2.10 bits per heavy atom. The molecule has 170 valence electrons. The van der Waals surface area contributed by atoms with E-state index >= 15 is 0 Å². The maximum atomic E-state index is 12.6. The number of nitrogens with zero attached hydrogens (tertiary/aromatic N) is 1. The summed E-state index contributed by atoms with van der Waals surface area (Å²) in [6.45, 7) is 5.62. The first-order valence-corrected chi connectivity index (χ1v) is 11.8. The second kappa shape index (κ2) is 9.50. The minimum atomic E-state index is -1.21. The summed E-state index contributed by atoms with van der Waals surface area (Å²) in [4.78, 5) is 24.6. The fourth-order valence-electron chi connectivity index (χ4n) is 3.31. The van der Waals surface area contributed by atoms with Gasteiger partial charge in [0, 0.05) is 12.3 Å². The number of carbonyl (C=O) groups is 2. The average Bonchev–Trinajstić information content (AvgIpc) is 3.43. The molecule has 31 heavy (non-hydrogen) atoms. The minimum absolute atomic E-state index is 0.196. The molecule has 2 atom stereocenters. The second-order valence-electron chi connectivity index (χ2n) is 8.75. The molecule has 1 saturated carbocycles. The van der Waals surface area contributed by atoms with E-state index < -0.39 is 22.6 Å². The fraction of sp³-hybridized carbons (Fsp3) is 0.545. The van der Waals surface area contributed by atoms with Gasteiger partial charge in [0.1, 0.15) is 18.4 Å². The zero-order valence-electron chi connectivity index (χ0n) is 18.2. The van der Waals surface area contributed by atoms with Crippen molar-refractivity contribution in [1.82, 2.24) is 14.9 Å². The standard InChI is InChI=1S/C22H31N3O5S/c1-16-19(26)23-20(27)25(16)12-5-4-6-13-31(29)24-22(10-11-22)17-8-7-9-18(14-17)30-15-21(2,3)28/h4-5,7-9,14,16,24,28H,6,10-13,15H2,1-3H3,(H,23,26,27)/b5-4+. The molecule has 1 aliphatic carbocycles. The number of nitrogens with one attached hydrogen (secondary N) is 2. The SMILES string of the molecule is CC1C(=O)NC(=O)N1C/C=C/CCS(=O)NC1(c2cccc(OCC(C)(C)O)c2)CC1. The summed E-state index contributed by atoms with van der Waals surface area (Å²) < 4.78 is 21.5. The van der Waals surface area contributed by atoms with Gasteiger partial charge in [0.05, 0.1) is 22.1 Å². The normalized spacial score (nSPS) is 21.4. The number of imide groups is 1. The van der Waals surface area contributed by atoms with Crippen LogP contribution in [0.1, 0.15) is 45.6 Å². The van der Waals surface area contributed by atoms with Crippen LogP contribution in [0.15, 0.2) is 36.4 Å². The molecule has 2 fully saturated rings. The van der Waals surface area contributed by atoms with Gasteiger partial charge in [0.25, 0.3) is 5.91 Å². The molecule has 8 nitrogen and oxygen atoms in total. The van der Waals surface area contributed by atoms with Crippen LogP contribution in [0.2, 0.25) is 0 Å². The Morgan fingerprint density at radius 3 is 2.71 bits per heavy atom. The molecule has 3 N–H and O–H groups in total. The van der Waals surface area contributed by atoms with Crippen LogP contribution in [0.3, 0.4) is 0 Å². The van der Waals surface area contributed by atoms with E-state index in [1.165, 1.54) is 4.90 Å². The Bertz CT molecular complexity index is 876. The fourth-order valence-corrected chi connectivity index (χ4v) is 4.52. The van der Waals surface area contributed by atoms with Crippen molar-refractivity contribution in [1.29, 1.82) is 0 Å². The predicted molar refractivity (Wildman–Crippen MR) is 119 cm³/mol. The van der Waals surface area contributed by atoms with Crippen LogP contribution in [0, 0.1) is 0 Å². The van der Waals surface area contributed by atoms with Gasteiger partial charge in [0.15, 0.2) is 0 Å². The third kappa shape index (κ3) is 6.38. The molecule has 1 heterocycles. The molecule has 0 radical (unpaired) electrons. The van der Waals surface area contributed by atoms with Gasteiger partial charge < -0.3 is 14.7 Å². The van der Waals surface area contributed by atoms with Gasteiger partial charge in [-0.2, -0.15) is 0 Å². The first kappa shape index (κ1) is 23.4. The smallest absolute Gasteiger partial charge is 0.325 e. The Hall–Kier alpha value is -2.23. The average molecular weight is 450 g/mol. The molecule has 0 spiro atoms. The van der Waals surface area contributed by atoms with Crippen molar-refractivity contribution < 1.29 is 23.6 Å². The highest BCUT2D eigenvalue weighted by Gasteiger charge is 2.45. The van der Waals surface area contributed by atoms with Crippen molar-refractivity contribution in [3.05, 3.63) is 42.0 Å². The number of rotatable bonds is 11. The van der Waals surface area contributed by atoms with E-state index in [1.807, 2.05) is 36.4 Å². The Balaban J connectivity index is 1.46. The Morgan fingerprint density at radius 1 is 1.35 bits per heavy atom. The highest BCUT2D eigenvalue weighted by molar-refractivity contribution is 7.83. The van der Waals surface area contributed by atoms with E-state index in [0.29, 0.717) is 24.5 Å². The van der Waals surface area contributed by atoms with Crippen LogP contribution < -0.4 is 14.8 Å². The largest absolute Gasteiger partial charge is 0.491 e. The van der Waals surface area contributed by atoms with E-state index in [2.05, 4.69) is 10.0 Å². The van der Waals surface area contributed by atoms with Crippen LogP contribution in [0.25, 0.3) is 0 Å². The molecule has 1 aliphatic heterocycles. The number of ether oxygens (including phenoxy) is 1. The number of benzene rings is 1. The molecule has 1 saturated heterocycles. The van der Waals surface area contributed by atoms with E-state index in [1.54, 1.807) is 20.8 Å². The van der Waals surface area contributed by atoms with Gasteiger partial charge in [-0.25, -0.2) is 13.7 Å². The third-order valence-electron chi connectivity index (χ3n) is 5.31. The van der Waals surface area contributed by atoms with Crippen LogP contribution in [0.5, 0.6) is 5.75 Å². The van der Waals surface area contributed by atoms with Crippen LogP contribution >= 0.6 is 0 Å². The first-order valence-electron chi connectivity index (χ1n) is 10.5. The van der Waals surface area contributed by atoms with Crippen LogP contribution in [-0.2, 0) is 21.3 Å². The van der Waals surface area contributed by atoms with Crippen molar-refractivity contribution in [2.45, 2.75) is 57.2 Å². The Labute approximate surface area is 185 Å². The Kier molecular flexibility index (Phi) is 7.18. The number of hydrogen-bond acceptors (Lipinski definition) is 5. The molecular weight excluding hydrogens is 418 g/mol. The number of allylic oxidation sites excluding steroid dienone is 1. The van der Waals surface area contributed by atoms with E-state index in [0.717, 1.165) is 18.4 Å². The summed E-state index contributed by atoms with van der Waals surface area (Å²) in [6.07, 6.45) is 6.11. The summed E-state index contributed by atoms with van der Waals surface area (Å²) in [6, 6.07) is 6.84. The zero-order chi connectivity index (χ0) is 22.6. The predicted octanol–water partition coefficient (Wildman–Crippen LogP) is 1.97. The lowest BCUT2D eigenvalue weighted by Crippen LogP contribution is -2.33. The third-order valence-corrected chi connectivity index (χ3v) is 6.54. The number of carbonyl (C=O) groups excluding carboxylic acids is 2. The van der Waals surface area contributed by atoms with E-state index in [4.69, 9.17) is 4.74 Å². The van der Waals surface area contributed by atoms with Crippen molar-refractivity contribution in [3.8, 4) is 5.75 Å². The van der Waals surface area contributed by atoms with Gasteiger partial charge in [-0.3, -0.25) is 10.1 Å². The summed E-state index contributed by atoms with van der Waals surface area (Å²) >= 11 is 0. The van der Waals surface area contributed by atoms with Gasteiger partial charge in [-0.05, 0) is 57.7 Å². The number of hydrogen-bond donors (Lipinski definition) is 3. The summed E-state index contributed by atoms with van der Waals surface area (Å²) in [7, 11) is -1.21. The highest BCUT2D eigenvalue weighted by Crippen LogP contribution is 2.46. The molecule has 2 aliphatic rings. The molecular formula is C22H31N3O5S. The van der Waals surface area contributed by atoms with Crippen molar-refractivity contribution in [2.24, 2.45) is 0 Å². The van der Waals surface area contributed by atoms with Gasteiger partial charge in [-0.15, -0.1) is 0 Å². The van der Waals surface area contributed by atoms with Gasteiger partial charge in [0.2, 0.25) is 0 Å². The molecule has 3 amide bonds. The number of amides is 3. The summed E-state index contributed by atoms with van der Waals surface area (Å²) in [5.41, 5.74) is -0.179. The van der Waals surface area contributed by atoms with E-state index in [9.17, 15) is 18.9 Å². The highest BCUT2D eigenvalue weighted by atomic mass is 32.2. The molecule has 0 aromatic heterocycles. The summed E-state index contributed by atoms with van der Waals surface area (Å²) in [5.74, 6) is 0.849. The molecule has 1 aromatic rings. The molecule has 9 heteroatoms. The zero-order valence-corrected chi connectivity index (χ0v) is 19.0. The van der Waals surface area contributed by atoms with Crippen LogP contribution in [0.4, 0.5) is 4.79 Å². The second-order valence-corrected chi connectivity index (χ2v) is 10.0. The van der Waals surface area contributed by atoms with Crippen molar-refractivity contribution in [2.75, 3.05) is 18.9 Å². The topological polar surface area (TPSA) is 108 Å². The first-order chi connectivity index (χ1) is 14.6. The van der Waals surface area contributed by atoms with Gasteiger partial charge in [-0.1, -0.05) is 24.3 Å². The molecule has 3 rings (SSSR count). The number of aliphatic hydroxyl groups is 1. The molecule has 0 bridgehead atoms. The lowest BCUT2D eigenvalue weighted by atomic mass is 10.1. The quantitative estimate of drug-likeness (QED) is 0.354. The van der Waals surface area contributed by atoms with Crippen molar-refractivity contribution in [3.63, 3.8) is 0 Å². The monoisotopic (exact) mass is 449 g/mol. The van der Waals surface area contributed by atoms with Crippen LogP contribution in [-0.4, -0.2) is 56.7 Å². The maximum absolute atomic E-state index is 12.6. The van der Waals surface area contributed by atoms with Gasteiger partial charge >= 0.3 is 6.03 Å². The maximum Gasteiger partial charge on any atom is 0.325 e. The lowest BCUT2D eigenvalue weighted by Gasteiger charge is -2.20. The molecule has 2 unspecified atom stereocenters. The number of urea groups is 1. The lowest BCUT2D eigenvalue weighted by molar-refractivity contribution is -0.120. The van der Waals surface area contributed by atoms with E-state index in [-0.39, 0.29) is 24.1 Å². The van der Waals surface area contributed by atoms with Crippen molar-refractivity contribution >= 4 is 22.9 Å². The summed E-state index contributed by atoms with van der Waals surface area (Å²) in [5, 5.41) is 12.1.